The van der Waals surface area contributed by atoms with Crippen molar-refractivity contribution in [1.29, 1.82) is 5.26 Å². The van der Waals surface area contributed by atoms with Gasteiger partial charge in [-0.3, -0.25) is 0 Å². The molecule has 2 aromatic rings. The van der Waals surface area contributed by atoms with Crippen LogP contribution in [0.15, 0.2) is 34.7 Å². The smallest absolute Gasteiger partial charge is 0.134 e. The van der Waals surface area contributed by atoms with Crippen LogP contribution in [0, 0.1) is 11.3 Å². The fraction of sp³-hybridized carbons (Fsp3) is 0.308. The van der Waals surface area contributed by atoms with Crippen LogP contribution in [0.4, 0.5) is 0 Å². The van der Waals surface area contributed by atoms with Crippen molar-refractivity contribution >= 4 is 11.0 Å². The van der Waals surface area contributed by atoms with Crippen molar-refractivity contribution in [3.63, 3.8) is 0 Å². The Bertz CT molecular complexity index is 459. The molecule has 0 fully saturated rings. The molecule has 15 heavy (non-hydrogen) atoms. The second-order valence-corrected chi connectivity index (χ2v) is 3.65. The van der Waals surface area contributed by atoms with Gasteiger partial charge in [-0.15, -0.1) is 0 Å². The number of para-hydroxylation sites is 1. The lowest BCUT2D eigenvalue weighted by Crippen LogP contribution is -1.92. The van der Waals surface area contributed by atoms with Gasteiger partial charge in [-0.05, 0) is 18.6 Å². The highest BCUT2D eigenvalue weighted by Gasteiger charge is 2.13. The third-order valence-electron chi connectivity index (χ3n) is 2.68. The largest absolute Gasteiger partial charge is 0.461 e. The van der Waals surface area contributed by atoms with E-state index in [0.717, 1.165) is 23.2 Å². The monoisotopic (exact) mass is 199 g/mol. The predicted octanol–water partition coefficient (Wildman–Crippen LogP) is 3.84. The van der Waals surface area contributed by atoms with Crippen LogP contribution in [0.1, 0.15) is 31.4 Å². The van der Waals surface area contributed by atoms with Crippen molar-refractivity contribution in [3.05, 3.63) is 36.1 Å². The molecule has 1 heterocycles. The number of hydrogen-bond acceptors (Lipinski definition) is 2. The molecule has 2 nitrogen and oxygen atoms in total. The van der Waals surface area contributed by atoms with E-state index >= 15 is 0 Å². The van der Waals surface area contributed by atoms with Gasteiger partial charge >= 0.3 is 0 Å². The van der Waals surface area contributed by atoms with E-state index in [-0.39, 0.29) is 5.92 Å². The van der Waals surface area contributed by atoms with Crippen molar-refractivity contribution < 1.29 is 4.42 Å². The zero-order valence-electron chi connectivity index (χ0n) is 8.73. The Morgan fingerprint density at radius 3 is 2.87 bits per heavy atom. The number of fused-ring (bicyclic) bond motifs is 1. The van der Waals surface area contributed by atoms with E-state index < -0.39 is 0 Å². The molecule has 0 radical (unpaired) electrons. The van der Waals surface area contributed by atoms with Crippen LogP contribution in [0.25, 0.3) is 11.0 Å². The first-order valence-corrected chi connectivity index (χ1v) is 5.20. The van der Waals surface area contributed by atoms with E-state index in [1.165, 1.54) is 0 Å². The molecular weight excluding hydrogens is 186 g/mol. The van der Waals surface area contributed by atoms with Gasteiger partial charge < -0.3 is 4.42 Å². The minimum Gasteiger partial charge on any atom is -0.461 e. The summed E-state index contributed by atoms with van der Waals surface area (Å²) >= 11 is 0. The van der Waals surface area contributed by atoms with E-state index in [1.54, 1.807) is 0 Å². The summed E-state index contributed by atoms with van der Waals surface area (Å²) in [5, 5.41) is 9.83. The molecule has 0 saturated carbocycles. The Balaban J connectivity index is 2.39. The van der Waals surface area contributed by atoms with Gasteiger partial charge in [0.2, 0.25) is 0 Å². The lowest BCUT2D eigenvalue weighted by atomic mass is 10.0. The number of furan rings is 1. The second-order valence-electron chi connectivity index (χ2n) is 3.65. The Morgan fingerprint density at radius 2 is 2.20 bits per heavy atom. The minimum atomic E-state index is 0.224. The quantitative estimate of drug-likeness (QED) is 0.753. The van der Waals surface area contributed by atoms with Crippen molar-refractivity contribution in [2.24, 2.45) is 0 Å². The van der Waals surface area contributed by atoms with Gasteiger partial charge in [-0.1, -0.05) is 25.1 Å². The zero-order valence-corrected chi connectivity index (χ0v) is 8.73. The van der Waals surface area contributed by atoms with E-state index in [2.05, 4.69) is 13.0 Å². The molecule has 2 heteroatoms. The zero-order chi connectivity index (χ0) is 10.7. The van der Waals surface area contributed by atoms with Gasteiger partial charge in [-0.2, -0.15) is 5.26 Å². The maximum Gasteiger partial charge on any atom is 0.134 e. The highest BCUT2D eigenvalue weighted by atomic mass is 16.3. The van der Waals surface area contributed by atoms with E-state index in [1.807, 2.05) is 30.3 Å². The van der Waals surface area contributed by atoms with Crippen LogP contribution in [0.3, 0.4) is 0 Å². The average Bonchev–Trinajstić information content (AvgIpc) is 2.69. The van der Waals surface area contributed by atoms with Crippen LogP contribution in [0.2, 0.25) is 0 Å². The lowest BCUT2D eigenvalue weighted by molar-refractivity contribution is 0.484. The van der Waals surface area contributed by atoms with Crippen LogP contribution in [0.5, 0.6) is 0 Å². The first-order valence-electron chi connectivity index (χ1n) is 5.20. The highest BCUT2D eigenvalue weighted by molar-refractivity contribution is 5.77. The fourth-order valence-electron chi connectivity index (χ4n) is 1.76. The van der Waals surface area contributed by atoms with E-state index in [0.29, 0.717) is 6.42 Å². The average molecular weight is 199 g/mol. The number of nitrogens with zero attached hydrogens (tertiary/aromatic N) is 1. The normalized spacial score (nSPS) is 12.5. The highest BCUT2D eigenvalue weighted by Crippen LogP contribution is 2.28. The predicted molar refractivity (Wildman–Crippen MR) is 59.5 cm³/mol. The van der Waals surface area contributed by atoms with Crippen molar-refractivity contribution in [2.45, 2.75) is 25.7 Å². The Hall–Kier alpha value is -1.75. The Morgan fingerprint density at radius 1 is 1.40 bits per heavy atom. The summed E-state index contributed by atoms with van der Waals surface area (Å²) in [4.78, 5) is 0. The molecule has 0 aliphatic rings. The first kappa shape index (κ1) is 9.79. The van der Waals surface area contributed by atoms with Gasteiger partial charge in [0.25, 0.3) is 0 Å². The lowest BCUT2D eigenvalue weighted by Gasteiger charge is -2.05. The maximum atomic E-state index is 8.71. The topological polar surface area (TPSA) is 36.9 Å². The summed E-state index contributed by atoms with van der Waals surface area (Å²) in [6.07, 6.45) is 1.46. The molecule has 0 amide bonds. The molecular formula is C13H13NO. The van der Waals surface area contributed by atoms with Crippen LogP contribution in [-0.4, -0.2) is 0 Å². The van der Waals surface area contributed by atoms with Crippen LogP contribution >= 0.6 is 0 Å². The summed E-state index contributed by atoms with van der Waals surface area (Å²) in [6, 6.07) is 12.2. The summed E-state index contributed by atoms with van der Waals surface area (Å²) in [7, 11) is 0. The van der Waals surface area contributed by atoms with Crippen molar-refractivity contribution in [2.75, 3.05) is 0 Å². The molecule has 1 atom stereocenters. The van der Waals surface area contributed by atoms with Crippen molar-refractivity contribution in [3.8, 4) is 6.07 Å². The second kappa shape index (κ2) is 4.18. The summed E-state index contributed by atoms with van der Waals surface area (Å²) < 4.78 is 5.72. The van der Waals surface area contributed by atoms with Crippen LogP contribution in [-0.2, 0) is 0 Å². The molecule has 1 unspecified atom stereocenters. The van der Waals surface area contributed by atoms with Gasteiger partial charge in [0, 0.05) is 17.7 Å². The summed E-state index contributed by atoms with van der Waals surface area (Å²) in [5.41, 5.74) is 0.906. The molecule has 2 rings (SSSR count). The molecule has 1 aromatic carbocycles. The van der Waals surface area contributed by atoms with E-state index in [4.69, 9.17) is 9.68 Å². The Labute approximate surface area is 89.1 Å². The third kappa shape index (κ3) is 1.87. The standard InChI is InChI=1S/C13H13NO/c1-2-10(7-8-14)13-9-11-5-3-4-6-12(11)15-13/h3-6,9-10H,2,7H2,1H3. The first-order chi connectivity index (χ1) is 7.35. The molecule has 0 saturated heterocycles. The molecule has 0 bridgehead atoms. The van der Waals surface area contributed by atoms with Gasteiger partial charge in [-0.25, -0.2) is 0 Å². The molecule has 0 spiro atoms. The molecule has 1 aromatic heterocycles. The van der Waals surface area contributed by atoms with Crippen molar-refractivity contribution in [1.82, 2.24) is 0 Å². The maximum absolute atomic E-state index is 8.71. The van der Waals surface area contributed by atoms with Crippen LogP contribution < -0.4 is 0 Å². The summed E-state index contributed by atoms with van der Waals surface area (Å²) in [6.45, 7) is 2.08. The molecule has 76 valence electrons. The molecule has 0 aliphatic carbocycles. The fourth-order valence-corrected chi connectivity index (χ4v) is 1.76. The number of benzene rings is 1. The summed E-state index contributed by atoms with van der Waals surface area (Å²) in [5.74, 6) is 1.16. The number of nitriles is 1. The molecule has 0 N–H and O–H groups in total. The minimum absolute atomic E-state index is 0.224. The van der Waals surface area contributed by atoms with E-state index in [9.17, 15) is 0 Å². The third-order valence-corrected chi connectivity index (χ3v) is 2.68. The number of rotatable bonds is 3. The van der Waals surface area contributed by atoms with Gasteiger partial charge in [0.05, 0.1) is 6.07 Å². The van der Waals surface area contributed by atoms with Gasteiger partial charge in [0.15, 0.2) is 0 Å². The number of hydrogen-bond donors (Lipinski definition) is 0. The molecule has 0 aliphatic heterocycles. The van der Waals surface area contributed by atoms with Gasteiger partial charge in [0.1, 0.15) is 11.3 Å². The SMILES string of the molecule is CCC(CC#N)c1cc2ccccc2o1. The Kier molecular flexibility index (Phi) is 2.73.